The Balaban J connectivity index is 1.58. The zero-order valence-corrected chi connectivity index (χ0v) is 17.4. The van der Waals surface area contributed by atoms with Gasteiger partial charge in [0.1, 0.15) is 5.82 Å². The van der Waals surface area contributed by atoms with Crippen LogP contribution in [0.5, 0.6) is 0 Å². The van der Waals surface area contributed by atoms with E-state index in [0.717, 1.165) is 23.1 Å². The number of thioether (sulfide) groups is 1. The topological polar surface area (TPSA) is 59.8 Å². The summed E-state index contributed by atoms with van der Waals surface area (Å²) in [6, 6.07) is 18.3. The molecule has 0 radical (unpaired) electrons. The van der Waals surface area contributed by atoms with E-state index < -0.39 is 0 Å². The first-order chi connectivity index (χ1) is 13.6. The molecule has 0 saturated carbocycles. The van der Waals surface area contributed by atoms with Crippen molar-refractivity contribution in [3.8, 4) is 0 Å². The average Bonchev–Trinajstić information content (AvgIpc) is 3.06. The molecule has 0 spiro atoms. The van der Waals surface area contributed by atoms with Gasteiger partial charge in [0.2, 0.25) is 5.91 Å². The summed E-state index contributed by atoms with van der Waals surface area (Å²) in [5.41, 5.74) is 3.29. The highest BCUT2D eigenvalue weighted by Gasteiger charge is 2.12. The van der Waals surface area contributed by atoms with Gasteiger partial charge in [0, 0.05) is 5.69 Å². The van der Waals surface area contributed by atoms with Crippen LogP contribution in [0.3, 0.4) is 0 Å². The van der Waals surface area contributed by atoms with Gasteiger partial charge >= 0.3 is 0 Å². The van der Waals surface area contributed by atoms with E-state index in [-0.39, 0.29) is 5.91 Å². The van der Waals surface area contributed by atoms with E-state index in [1.807, 2.05) is 41.8 Å². The van der Waals surface area contributed by atoms with E-state index >= 15 is 0 Å². The number of hydrogen-bond donors (Lipinski definition) is 1. The van der Waals surface area contributed by atoms with Gasteiger partial charge < -0.3 is 9.88 Å². The Kier molecular flexibility index (Phi) is 6.87. The number of carbonyl (C=O) groups is 1. The van der Waals surface area contributed by atoms with Crippen molar-refractivity contribution in [2.75, 3.05) is 11.1 Å². The zero-order valence-electron chi connectivity index (χ0n) is 16.6. The minimum Gasteiger partial charge on any atom is -0.325 e. The van der Waals surface area contributed by atoms with Gasteiger partial charge in [0.05, 0.1) is 12.3 Å². The lowest BCUT2D eigenvalue weighted by Gasteiger charge is -2.11. The summed E-state index contributed by atoms with van der Waals surface area (Å²) in [6.45, 7) is 7.01. The number of carbonyl (C=O) groups excluding carboxylic acids is 1. The normalized spacial score (nSPS) is 12.0. The maximum Gasteiger partial charge on any atom is 0.234 e. The highest BCUT2D eigenvalue weighted by molar-refractivity contribution is 7.99. The highest BCUT2D eigenvalue weighted by atomic mass is 32.2. The lowest BCUT2D eigenvalue weighted by atomic mass is 9.99. The second-order valence-corrected chi connectivity index (χ2v) is 7.81. The lowest BCUT2D eigenvalue weighted by Crippen LogP contribution is -2.15. The molecule has 0 fully saturated rings. The predicted molar refractivity (Wildman–Crippen MR) is 115 cm³/mol. The van der Waals surface area contributed by atoms with Crippen LogP contribution in [0.25, 0.3) is 0 Å². The van der Waals surface area contributed by atoms with Gasteiger partial charge in [-0.15, -0.1) is 10.2 Å². The third-order valence-corrected chi connectivity index (χ3v) is 5.76. The summed E-state index contributed by atoms with van der Waals surface area (Å²) in [4.78, 5) is 12.3. The molecular weight excluding hydrogens is 368 g/mol. The molecule has 28 heavy (non-hydrogen) atoms. The van der Waals surface area contributed by atoms with Gasteiger partial charge in [-0.2, -0.15) is 0 Å². The van der Waals surface area contributed by atoms with Crippen LogP contribution in [0.4, 0.5) is 5.69 Å². The number of benzene rings is 2. The smallest absolute Gasteiger partial charge is 0.234 e. The maximum atomic E-state index is 12.3. The van der Waals surface area contributed by atoms with Crippen LogP contribution in [0, 0.1) is 6.92 Å². The van der Waals surface area contributed by atoms with Crippen molar-refractivity contribution < 1.29 is 4.79 Å². The van der Waals surface area contributed by atoms with Crippen LogP contribution in [0.2, 0.25) is 0 Å². The summed E-state index contributed by atoms with van der Waals surface area (Å²) in [5, 5.41) is 12.1. The molecule has 0 aliphatic heterocycles. The molecule has 3 rings (SSSR count). The minimum absolute atomic E-state index is 0.0480. The Bertz CT molecular complexity index is 906. The number of amides is 1. The Hall–Kier alpha value is -2.60. The number of anilines is 1. The fourth-order valence-electron chi connectivity index (χ4n) is 2.87. The monoisotopic (exact) mass is 394 g/mol. The first kappa shape index (κ1) is 20.1. The van der Waals surface area contributed by atoms with Crippen molar-refractivity contribution in [3.63, 3.8) is 0 Å². The number of aromatic nitrogens is 3. The molecule has 1 N–H and O–H groups in total. The van der Waals surface area contributed by atoms with Crippen molar-refractivity contribution in [3.05, 3.63) is 71.5 Å². The lowest BCUT2D eigenvalue weighted by molar-refractivity contribution is -0.113. The van der Waals surface area contributed by atoms with Gasteiger partial charge in [-0.1, -0.05) is 68.1 Å². The van der Waals surface area contributed by atoms with E-state index in [0.29, 0.717) is 18.2 Å². The largest absolute Gasteiger partial charge is 0.325 e. The highest BCUT2D eigenvalue weighted by Crippen LogP contribution is 2.22. The summed E-state index contributed by atoms with van der Waals surface area (Å²) in [5.74, 6) is 1.61. The van der Waals surface area contributed by atoms with E-state index in [1.165, 1.54) is 22.9 Å². The summed E-state index contributed by atoms with van der Waals surface area (Å²) < 4.78 is 2.04. The number of nitrogens with one attached hydrogen (secondary N) is 1. The Morgan fingerprint density at radius 2 is 1.82 bits per heavy atom. The molecule has 1 aromatic heterocycles. The number of nitrogens with zero attached hydrogens (tertiary/aromatic N) is 3. The predicted octanol–water partition coefficient (Wildman–Crippen LogP) is 4.88. The first-order valence-electron chi connectivity index (χ1n) is 9.53. The molecule has 3 aromatic rings. The molecule has 1 atom stereocenters. The van der Waals surface area contributed by atoms with E-state index in [1.54, 1.807) is 0 Å². The van der Waals surface area contributed by atoms with Gasteiger partial charge in [-0.05, 0) is 42.5 Å². The summed E-state index contributed by atoms with van der Waals surface area (Å²) >= 11 is 1.40. The van der Waals surface area contributed by atoms with Crippen LogP contribution in [0.15, 0.2) is 59.8 Å². The molecule has 0 bridgehead atoms. The third-order valence-electron chi connectivity index (χ3n) is 4.79. The van der Waals surface area contributed by atoms with Crippen molar-refractivity contribution in [1.29, 1.82) is 0 Å². The van der Waals surface area contributed by atoms with E-state index in [4.69, 9.17) is 0 Å². The van der Waals surface area contributed by atoms with Gasteiger partial charge in [-0.3, -0.25) is 4.79 Å². The number of hydrogen-bond acceptors (Lipinski definition) is 4. The van der Waals surface area contributed by atoms with Gasteiger partial charge in [-0.25, -0.2) is 0 Å². The number of rotatable bonds is 8. The number of aryl methyl sites for hydroxylation is 1. The van der Waals surface area contributed by atoms with Crippen molar-refractivity contribution in [2.45, 2.75) is 44.8 Å². The molecule has 0 saturated heterocycles. The van der Waals surface area contributed by atoms with Crippen LogP contribution >= 0.6 is 11.8 Å². The molecule has 0 aliphatic rings. The third kappa shape index (κ3) is 5.23. The average molecular weight is 395 g/mol. The molecule has 1 heterocycles. The Morgan fingerprint density at radius 1 is 1.11 bits per heavy atom. The van der Waals surface area contributed by atoms with Crippen LogP contribution in [-0.2, 0) is 11.3 Å². The SMILES string of the molecule is CCC(C)c1ccc(NC(=O)CSc2nnc(C)n2Cc2ccccc2)cc1. The summed E-state index contributed by atoms with van der Waals surface area (Å²) in [7, 11) is 0. The molecule has 2 aromatic carbocycles. The fourth-order valence-corrected chi connectivity index (χ4v) is 3.66. The zero-order chi connectivity index (χ0) is 19.9. The first-order valence-corrected chi connectivity index (χ1v) is 10.5. The molecule has 146 valence electrons. The summed E-state index contributed by atoms with van der Waals surface area (Å²) in [6.07, 6.45) is 1.10. The molecule has 0 aliphatic carbocycles. The van der Waals surface area contributed by atoms with Crippen molar-refractivity contribution >= 4 is 23.4 Å². The van der Waals surface area contributed by atoms with E-state index in [9.17, 15) is 4.79 Å². The van der Waals surface area contributed by atoms with Crippen LogP contribution in [-0.4, -0.2) is 26.4 Å². The van der Waals surface area contributed by atoms with Crippen LogP contribution < -0.4 is 5.32 Å². The Labute approximate surface area is 170 Å². The van der Waals surface area contributed by atoms with Gasteiger partial charge in [0.25, 0.3) is 0 Å². The fraction of sp³-hybridized carbons (Fsp3) is 0.318. The molecule has 1 unspecified atom stereocenters. The van der Waals surface area contributed by atoms with E-state index in [2.05, 4.69) is 53.6 Å². The van der Waals surface area contributed by atoms with Gasteiger partial charge in [0.15, 0.2) is 5.16 Å². The Morgan fingerprint density at radius 3 is 2.50 bits per heavy atom. The quantitative estimate of drug-likeness (QED) is 0.553. The molecule has 6 heteroatoms. The molecule has 5 nitrogen and oxygen atoms in total. The second kappa shape index (κ2) is 9.55. The molecular formula is C22H26N4OS. The van der Waals surface area contributed by atoms with Crippen molar-refractivity contribution in [2.24, 2.45) is 0 Å². The second-order valence-electron chi connectivity index (χ2n) is 6.87. The molecule has 1 amide bonds. The standard InChI is InChI=1S/C22H26N4OS/c1-4-16(2)19-10-12-20(13-11-19)23-21(27)15-28-22-25-24-17(3)26(22)14-18-8-6-5-7-9-18/h5-13,16H,4,14-15H2,1-3H3,(H,23,27). The van der Waals surface area contributed by atoms with Crippen LogP contribution in [0.1, 0.15) is 43.1 Å². The van der Waals surface area contributed by atoms with Crippen molar-refractivity contribution in [1.82, 2.24) is 14.8 Å². The minimum atomic E-state index is -0.0480. The maximum absolute atomic E-state index is 12.3.